The molecule has 0 bridgehead atoms. The summed E-state index contributed by atoms with van der Waals surface area (Å²) in [5.74, 6) is -0.409. The van der Waals surface area contributed by atoms with Crippen molar-refractivity contribution >= 4 is 28.3 Å². The average Bonchev–Trinajstić information content (AvgIpc) is 2.55. The number of halogens is 2. The molecule has 0 radical (unpaired) electrons. The van der Waals surface area contributed by atoms with E-state index in [0.29, 0.717) is 16.8 Å². The van der Waals surface area contributed by atoms with Crippen LogP contribution in [0.3, 0.4) is 0 Å². The van der Waals surface area contributed by atoms with E-state index in [9.17, 15) is 14.3 Å². The molecule has 3 rings (SSSR count). The Hall–Kier alpha value is -2.50. The lowest BCUT2D eigenvalue weighted by Gasteiger charge is -2.19. The van der Waals surface area contributed by atoms with Gasteiger partial charge >= 0.3 is 0 Å². The van der Waals surface area contributed by atoms with E-state index in [0.717, 1.165) is 0 Å². The summed E-state index contributed by atoms with van der Waals surface area (Å²) in [6, 6.07) is 11.1. The summed E-state index contributed by atoms with van der Waals surface area (Å²) in [6.45, 7) is 4.45. The first-order valence-electron chi connectivity index (χ1n) is 7.98. The van der Waals surface area contributed by atoms with Gasteiger partial charge in [-0.25, -0.2) is 9.37 Å². The summed E-state index contributed by atoms with van der Waals surface area (Å²) in [4.78, 5) is 16.8. The third-order valence-corrected chi connectivity index (χ3v) is 4.23. The molecule has 0 aliphatic rings. The molecular formula is C20H17ClFNO3. The lowest BCUT2D eigenvalue weighted by atomic mass is 9.96. The predicted octanol–water partition coefficient (Wildman–Crippen LogP) is 5.08. The monoisotopic (exact) mass is 373 g/mol. The van der Waals surface area contributed by atoms with Gasteiger partial charge in [-0.15, -0.1) is 0 Å². The first kappa shape index (κ1) is 18.3. The van der Waals surface area contributed by atoms with Crippen molar-refractivity contribution < 1.29 is 19.0 Å². The highest BCUT2D eigenvalue weighted by Gasteiger charge is 2.30. The Balaban J connectivity index is 2.10. The normalized spacial score (nSPS) is 11.6. The minimum Gasteiger partial charge on any atom is -0.455 e. The van der Waals surface area contributed by atoms with Crippen molar-refractivity contribution in [1.29, 1.82) is 0 Å². The number of carbonyl (C=O) groups is 1. The van der Waals surface area contributed by atoms with Crippen molar-refractivity contribution in [1.82, 2.24) is 4.98 Å². The van der Waals surface area contributed by atoms with Crippen LogP contribution in [0.2, 0.25) is 5.02 Å². The van der Waals surface area contributed by atoms with E-state index in [1.54, 1.807) is 43.3 Å². The zero-order chi connectivity index (χ0) is 19.1. The number of aromatic nitrogens is 1. The molecule has 2 aromatic carbocycles. The number of carbonyl (C=O) groups excluding carboxylic acids is 1. The number of hydrogen-bond donors (Lipinski definition) is 1. The quantitative estimate of drug-likeness (QED) is 0.648. The molecule has 0 aliphatic carbocycles. The van der Waals surface area contributed by atoms with Crippen LogP contribution in [-0.4, -0.2) is 21.5 Å². The van der Waals surface area contributed by atoms with Crippen molar-refractivity contribution in [3.8, 4) is 11.5 Å². The van der Waals surface area contributed by atoms with Gasteiger partial charge in [-0.1, -0.05) is 29.8 Å². The lowest BCUT2D eigenvalue weighted by Crippen LogP contribution is -2.31. The van der Waals surface area contributed by atoms with Gasteiger partial charge in [-0.3, -0.25) is 4.79 Å². The number of aryl methyl sites for hydroxylation is 1. The Morgan fingerprint density at radius 2 is 1.88 bits per heavy atom. The van der Waals surface area contributed by atoms with Crippen molar-refractivity contribution in [2.24, 2.45) is 0 Å². The topological polar surface area (TPSA) is 59.4 Å². The van der Waals surface area contributed by atoms with Crippen LogP contribution < -0.4 is 4.74 Å². The Morgan fingerprint density at radius 3 is 2.58 bits per heavy atom. The summed E-state index contributed by atoms with van der Waals surface area (Å²) in [5.41, 5.74) is -0.816. The molecular weight excluding hydrogens is 357 g/mol. The fraction of sp³-hybridized carbons (Fsp3) is 0.200. The number of pyridine rings is 1. The van der Waals surface area contributed by atoms with Crippen molar-refractivity contribution in [3.63, 3.8) is 0 Å². The molecule has 0 spiro atoms. The van der Waals surface area contributed by atoms with Crippen molar-refractivity contribution in [2.75, 3.05) is 0 Å². The number of benzene rings is 2. The van der Waals surface area contributed by atoms with E-state index in [2.05, 4.69) is 4.98 Å². The average molecular weight is 374 g/mol. The van der Waals surface area contributed by atoms with Crippen LogP contribution in [0.15, 0.2) is 42.5 Å². The maximum absolute atomic E-state index is 13.9. The lowest BCUT2D eigenvalue weighted by molar-refractivity contribution is 0.0485. The molecule has 134 valence electrons. The van der Waals surface area contributed by atoms with Gasteiger partial charge < -0.3 is 9.84 Å². The van der Waals surface area contributed by atoms with E-state index in [1.165, 1.54) is 19.9 Å². The van der Waals surface area contributed by atoms with Gasteiger partial charge in [-0.2, -0.15) is 0 Å². The van der Waals surface area contributed by atoms with Crippen molar-refractivity contribution in [3.05, 3.63) is 64.6 Å². The van der Waals surface area contributed by atoms with Gasteiger partial charge in [0.15, 0.2) is 5.78 Å². The minimum atomic E-state index is -1.61. The molecule has 4 nitrogen and oxygen atoms in total. The molecule has 3 aromatic rings. The third-order valence-electron chi connectivity index (χ3n) is 3.92. The van der Waals surface area contributed by atoms with E-state index in [1.807, 2.05) is 0 Å². The Kier molecular flexibility index (Phi) is 4.69. The smallest absolute Gasteiger partial charge is 0.199 e. The molecule has 0 amide bonds. The first-order valence-corrected chi connectivity index (χ1v) is 8.35. The van der Waals surface area contributed by atoms with Crippen LogP contribution in [0.1, 0.15) is 29.9 Å². The van der Waals surface area contributed by atoms with Crippen LogP contribution >= 0.6 is 11.6 Å². The summed E-state index contributed by atoms with van der Waals surface area (Å²) in [7, 11) is 0. The molecule has 0 atom stereocenters. The number of nitrogens with zero attached hydrogens (tertiary/aromatic N) is 1. The molecule has 1 aromatic heterocycles. The zero-order valence-corrected chi connectivity index (χ0v) is 15.3. The molecule has 0 saturated carbocycles. The summed E-state index contributed by atoms with van der Waals surface area (Å²) < 4.78 is 19.8. The third kappa shape index (κ3) is 3.41. The predicted molar refractivity (Wildman–Crippen MR) is 98.6 cm³/mol. The largest absolute Gasteiger partial charge is 0.455 e. The van der Waals surface area contributed by atoms with Crippen molar-refractivity contribution in [2.45, 2.75) is 26.4 Å². The number of fused-ring (bicyclic) bond motifs is 1. The number of aliphatic hydroxyl groups is 1. The van der Waals surface area contributed by atoms with Crippen LogP contribution in [-0.2, 0) is 0 Å². The number of para-hydroxylation sites is 1. The summed E-state index contributed by atoms with van der Waals surface area (Å²) in [6.07, 6.45) is 0. The summed E-state index contributed by atoms with van der Waals surface area (Å²) >= 11 is 6.18. The maximum Gasteiger partial charge on any atom is 0.199 e. The molecule has 0 saturated heterocycles. The van der Waals surface area contributed by atoms with E-state index in [4.69, 9.17) is 16.3 Å². The van der Waals surface area contributed by atoms with Gasteiger partial charge in [0.1, 0.15) is 28.4 Å². The maximum atomic E-state index is 13.9. The molecule has 0 unspecified atom stereocenters. The van der Waals surface area contributed by atoms with Crippen LogP contribution in [0.4, 0.5) is 4.39 Å². The highest BCUT2D eigenvalue weighted by Crippen LogP contribution is 2.35. The van der Waals surface area contributed by atoms with Gasteiger partial charge in [-0.05, 0) is 45.0 Å². The first-order chi connectivity index (χ1) is 12.2. The second kappa shape index (κ2) is 6.67. The standard InChI is InChI=1S/C20H17ClFNO3/c1-11-16(10-12-6-4-8-14(22)18(12)23-11)26-15-9-5-7-13(21)17(15)19(24)20(2,3)25/h4-10,25H,1-3H3. The minimum absolute atomic E-state index is 0.0837. The van der Waals surface area contributed by atoms with E-state index < -0.39 is 17.2 Å². The van der Waals surface area contributed by atoms with Gasteiger partial charge in [0.2, 0.25) is 0 Å². The second-order valence-corrected chi connectivity index (χ2v) is 6.89. The van der Waals surface area contributed by atoms with E-state index in [-0.39, 0.29) is 21.9 Å². The SMILES string of the molecule is Cc1nc2c(F)cccc2cc1Oc1cccc(Cl)c1C(=O)C(C)(C)O. The summed E-state index contributed by atoms with van der Waals surface area (Å²) in [5, 5.41) is 10.8. The molecule has 26 heavy (non-hydrogen) atoms. The number of rotatable bonds is 4. The number of ketones is 1. The van der Waals surface area contributed by atoms with Crippen LogP contribution in [0, 0.1) is 12.7 Å². The number of Topliss-reactive ketones (excluding diaryl/α,β-unsaturated/α-hetero) is 1. The molecule has 1 N–H and O–H groups in total. The molecule has 0 aliphatic heterocycles. The van der Waals surface area contributed by atoms with Gasteiger partial charge in [0.05, 0.1) is 16.3 Å². The number of hydrogen-bond acceptors (Lipinski definition) is 4. The highest BCUT2D eigenvalue weighted by atomic mass is 35.5. The second-order valence-electron chi connectivity index (χ2n) is 6.49. The number of ether oxygens (including phenoxy) is 1. The highest BCUT2D eigenvalue weighted by molar-refractivity contribution is 6.34. The molecule has 0 fully saturated rings. The Morgan fingerprint density at radius 1 is 1.19 bits per heavy atom. The van der Waals surface area contributed by atoms with Crippen LogP contribution in [0.25, 0.3) is 10.9 Å². The van der Waals surface area contributed by atoms with Crippen LogP contribution in [0.5, 0.6) is 11.5 Å². The Bertz CT molecular complexity index is 1010. The van der Waals surface area contributed by atoms with E-state index >= 15 is 0 Å². The fourth-order valence-electron chi connectivity index (χ4n) is 2.57. The van der Waals surface area contributed by atoms with Gasteiger partial charge in [0.25, 0.3) is 0 Å². The van der Waals surface area contributed by atoms with Gasteiger partial charge in [0, 0.05) is 5.39 Å². The zero-order valence-electron chi connectivity index (χ0n) is 14.5. The molecule has 1 heterocycles. The Labute approximate surface area is 155 Å². The molecule has 6 heteroatoms. The fourth-order valence-corrected chi connectivity index (χ4v) is 2.82.